The highest BCUT2D eigenvalue weighted by molar-refractivity contribution is 7.47. The lowest BCUT2D eigenvalue weighted by Gasteiger charge is -2.21. The maximum Gasteiger partial charge on any atom is 0.472 e. The molecule has 0 spiro atoms. The van der Waals surface area contributed by atoms with Crippen LogP contribution in [0.1, 0.15) is 401 Å². The second kappa shape index (κ2) is 68.8. The van der Waals surface area contributed by atoms with Crippen molar-refractivity contribution in [1.82, 2.24) is 0 Å². The molecule has 0 aromatic carbocycles. The van der Waals surface area contributed by atoms with Gasteiger partial charge < -0.3 is 33.8 Å². The second-order valence-electron chi connectivity index (χ2n) is 28.7. The zero-order chi connectivity index (χ0) is 70.7. The van der Waals surface area contributed by atoms with Gasteiger partial charge in [-0.25, -0.2) is 9.13 Å². The molecule has 0 saturated heterocycles. The van der Waals surface area contributed by atoms with Crippen LogP contribution in [0.25, 0.3) is 0 Å². The number of carbonyl (C=O) groups excluding carboxylic acids is 4. The van der Waals surface area contributed by atoms with Crippen molar-refractivity contribution in [3.8, 4) is 0 Å². The number of hydrogen-bond acceptors (Lipinski definition) is 15. The summed E-state index contributed by atoms with van der Waals surface area (Å²) in [4.78, 5) is 72.9. The zero-order valence-corrected chi connectivity index (χ0v) is 64.5. The molecule has 0 rings (SSSR count). The van der Waals surface area contributed by atoms with Gasteiger partial charge in [0.05, 0.1) is 26.4 Å². The normalized spacial score (nSPS) is 14.0. The lowest BCUT2D eigenvalue weighted by molar-refractivity contribution is -0.161. The number of phosphoric acid groups is 2. The van der Waals surface area contributed by atoms with Gasteiger partial charge in [0.1, 0.15) is 19.3 Å². The molecule has 570 valence electrons. The van der Waals surface area contributed by atoms with E-state index in [9.17, 15) is 43.2 Å². The van der Waals surface area contributed by atoms with Crippen molar-refractivity contribution in [3.63, 3.8) is 0 Å². The van der Waals surface area contributed by atoms with Gasteiger partial charge in [0.15, 0.2) is 12.2 Å². The fourth-order valence-corrected chi connectivity index (χ4v) is 13.4. The molecule has 0 fully saturated rings. The quantitative estimate of drug-likeness (QED) is 0.0222. The number of phosphoric ester groups is 2. The minimum absolute atomic E-state index is 0.107. The summed E-state index contributed by atoms with van der Waals surface area (Å²) in [7, 11) is -9.91. The Labute approximate surface area is 588 Å². The number of unbranched alkanes of at least 4 members (excludes halogenated alkanes) is 46. The highest BCUT2D eigenvalue weighted by Gasteiger charge is 2.30. The first-order valence-electron chi connectivity index (χ1n) is 40.0. The monoisotopic (exact) mass is 1410 g/mol. The first-order valence-corrected chi connectivity index (χ1v) is 43.0. The average molecular weight is 1410 g/mol. The highest BCUT2D eigenvalue weighted by atomic mass is 31.2. The summed E-state index contributed by atoms with van der Waals surface area (Å²) >= 11 is 0. The lowest BCUT2D eigenvalue weighted by atomic mass is 10.0. The van der Waals surface area contributed by atoms with Crippen LogP contribution in [0, 0.1) is 11.8 Å². The van der Waals surface area contributed by atoms with E-state index in [2.05, 4.69) is 41.5 Å². The number of aliphatic hydroxyl groups excluding tert-OH is 1. The molecule has 0 bridgehead atoms. The SMILES string of the molecule is CCCCCCCCCCCCCCCCCCCC(=O)O[C@H](COC(=O)CCCCCCCCCCCCCCCC(C)C)COP(=O)(O)OC[C@@H](O)COP(=O)(O)OC[C@@H](COC(=O)CCCCCCCCCC(C)C)OC(=O)CCCCCCCCCCCCCCC. The summed E-state index contributed by atoms with van der Waals surface area (Å²) in [6, 6.07) is 0. The Morgan fingerprint density at radius 1 is 0.281 bits per heavy atom. The molecule has 3 N–H and O–H groups in total. The average Bonchev–Trinajstić information content (AvgIpc) is 1.14. The molecule has 0 aromatic heterocycles. The van der Waals surface area contributed by atoms with E-state index in [1.165, 1.54) is 212 Å². The van der Waals surface area contributed by atoms with E-state index in [4.69, 9.17) is 37.0 Å². The Morgan fingerprint density at radius 2 is 0.479 bits per heavy atom. The van der Waals surface area contributed by atoms with Crippen molar-refractivity contribution in [2.45, 2.75) is 419 Å². The van der Waals surface area contributed by atoms with Crippen molar-refractivity contribution >= 4 is 39.5 Å². The number of rotatable bonds is 76. The van der Waals surface area contributed by atoms with Crippen LogP contribution in [0.15, 0.2) is 0 Å². The molecule has 0 amide bonds. The van der Waals surface area contributed by atoms with Gasteiger partial charge in [-0.3, -0.25) is 37.3 Å². The second-order valence-corrected chi connectivity index (χ2v) is 31.6. The topological polar surface area (TPSA) is 237 Å². The first kappa shape index (κ1) is 94.1. The van der Waals surface area contributed by atoms with Crippen LogP contribution < -0.4 is 0 Å². The summed E-state index contributed by atoms with van der Waals surface area (Å²) in [5, 5.41) is 10.6. The third kappa shape index (κ3) is 70.5. The van der Waals surface area contributed by atoms with Gasteiger partial charge in [0, 0.05) is 25.7 Å². The summed E-state index contributed by atoms with van der Waals surface area (Å²) in [5.74, 6) is -0.617. The number of ether oxygens (including phenoxy) is 4. The van der Waals surface area contributed by atoms with Crippen molar-refractivity contribution < 1.29 is 80.2 Å². The molecule has 5 atom stereocenters. The zero-order valence-electron chi connectivity index (χ0n) is 62.7. The van der Waals surface area contributed by atoms with E-state index in [-0.39, 0.29) is 25.7 Å². The van der Waals surface area contributed by atoms with Crippen LogP contribution in [0.3, 0.4) is 0 Å². The maximum atomic E-state index is 13.1. The van der Waals surface area contributed by atoms with Gasteiger partial charge >= 0.3 is 39.5 Å². The number of carbonyl (C=O) groups is 4. The van der Waals surface area contributed by atoms with Gasteiger partial charge in [-0.15, -0.1) is 0 Å². The number of esters is 4. The van der Waals surface area contributed by atoms with E-state index in [1.54, 1.807) is 0 Å². The van der Waals surface area contributed by atoms with Crippen molar-refractivity contribution in [2.24, 2.45) is 11.8 Å². The van der Waals surface area contributed by atoms with Crippen molar-refractivity contribution in [3.05, 3.63) is 0 Å². The van der Waals surface area contributed by atoms with Gasteiger partial charge in [0.25, 0.3) is 0 Å². The summed E-state index contributed by atoms with van der Waals surface area (Å²) in [6.07, 6.45) is 56.9. The summed E-state index contributed by atoms with van der Waals surface area (Å²) in [5.41, 5.74) is 0. The van der Waals surface area contributed by atoms with E-state index in [0.717, 1.165) is 102 Å². The predicted octanol–water partition coefficient (Wildman–Crippen LogP) is 22.7. The lowest BCUT2D eigenvalue weighted by Crippen LogP contribution is -2.30. The summed E-state index contributed by atoms with van der Waals surface area (Å²) in [6.45, 7) is 9.57. The fraction of sp³-hybridized carbons (Fsp3) is 0.948. The van der Waals surface area contributed by atoms with Gasteiger partial charge in [-0.05, 0) is 37.5 Å². The van der Waals surface area contributed by atoms with E-state index in [0.29, 0.717) is 31.6 Å². The molecule has 0 aromatic rings. The van der Waals surface area contributed by atoms with E-state index < -0.39 is 97.5 Å². The van der Waals surface area contributed by atoms with Crippen LogP contribution in [-0.2, 0) is 65.4 Å². The maximum absolute atomic E-state index is 13.1. The van der Waals surface area contributed by atoms with Gasteiger partial charge in [-0.1, -0.05) is 350 Å². The molecule has 2 unspecified atom stereocenters. The van der Waals surface area contributed by atoms with Crippen LogP contribution in [0.5, 0.6) is 0 Å². The molecule has 19 heteroatoms. The standard InChI is InChI=1S/C77H150O17P2/c1-7-9-11-13-15-17-19-21-22-23-24-28-33-37-43-50-56-62-77(82)93-72(65-87-74(79)59-53-47-41-35-31-29-25-27-30-34-39-45-51-57-69(3)4)67-91-95(83,84)89-63-71(78)64-90-96(85,86)92-68-73(66-88-75(80)60-54-48-44-38-40-46-52-58-70(5)6)94-76(81)61-55-49-42-36-32-26-20-18-16-14-12-10-8-2/h69-73,78H,7-68H2,1-6H3,(H,83,84)(H,85,86)/t71-,72-,73-/m1/s1. The Kier molecular flexibility index (Phi) is 67.4. The van der Waals surface area contributed by atoms with Crippen LogP contribution >= 0.6 is 15.6 Å². The highest BCUT2D eigenvalue weighted by Crippen LogP contribution is 2.45. The van der Waals surface area contributed by atoms with Crippen LogP contribution in [-0.4, -0.2) is 96.7 Å². The molecular formula is C77H150O17P2. The van der Waals surface area contributed by atoms with Crippen molar-refractivity contribution in [1.29, 1.82) is 0 Å². The predicted molar refractivity (Wildman–Crippen MR) is 391 cm³/mol. The van der Waals surface area contributed by atoms with Gasteiger partial charge in [-0.2, -0.15) is 0 Å². The van der Waals surface area contributed by atoms with Crippen LogP contribution in [0.4, 0.5) is 0 Å². The molecule has 0 radical (unpaired) electrons. The Balaban J connectivity index is 5.24. The molecular weight excluding hydrogens is 1260 g/mol. The van der Waals surface area contributed by atoms with Crippen molar-refractivity contribution in [2.75, 3.05) is 39.6 Å². The Morgan fingerprint density at radius 3 is 0.708 bits per heavy atom. The third-order valence-electron chi connectivity index (χ3n) is 18.0. The minimum atomic E-state index is -4.96. The molecule has 96 heavy (non-hydrogen) atoms. The molecule has 0 aliphatic heterocycles. The third-order valence-corrected chi connectivity index (χ3v) is 19.9. The van der Waals surface area contributed by atoms with E-state index in [1.807, 2.05) is 0 Å². The first-order chi connectivity index (χ1) is 46.4. The smallest absolute Gasteiger partial charge is 0.462 e. The molecule has 17 nitrogen and oxygen atoms in total. The van der Waals surface area contributed by atoms with Gasteiger partial charge in [0.2, 0.25) is 0 Å². The van der Waals surface area contributed by atoms with E-state index >= 15 is 0 Å². The van der Waals surface area contributed by atoms with Crippen LogP contribution in [0.2, 0.25) is 0 Å². The number of aliphatic hydroxyl groups is 1. The molecule has 0 aliphatic carbocycles. The minimum Gasteiger partial charge on any atom is -0.462 e. The summed E-state index contributed by atoms with van der Waals surface area (Å²) < 4.78 is 68.6. The molecule has 0 heterocycles. The molecule has 0 aliphatic rings. The number of hydrogen-bond donors (Lipinski definition) is 3. The Bertz CT molecular complexity index is 1860. The molecule has 0 saturated carbocycles. The fourth-order valence-electron chi connectivity index (χ4n) is 11.8. The largest absolute Gasteiger partial charge is 0.472 e. The Hall–Kier alpha value is -1.94.